The summed E-state index contributed by atoms with van der Waals surface area (Å²) in [6.45, 7) is 2.60. The van der Waals surface area contributed by atoms with E-state index in [1.54, 1.807) is 0 Å². The molecule has 0 saturated carbocycles. The van der Waals surface area contributed by atoms with Crippen LogP contribution < -0.4 is 5.32 Å². The van der Waals surface area contributed by atoms with Crippen molar-refractivity contribution in [3.63, 3.8) is 0 Å². The first-order valence-electron chi connectivity index (χ1n) is 6.07. The van der Waals surface area contributed by atoms with Gasteiger partial charge >= 0.3 is 5.97 Å². The Balaban J connectivity index is 2.10. The molecule has 0 fully saturated rings. The number of anilines is 1. The average Bonchev–Trinajstić information content (AvgIpc) is 2.64. The van der Waals surface area contributed by atoms with Crippen LogP contribution in [0.3, 0.4) is 0 Å². The van der Waals surface area contributed by atoms with E-state index in [2.05, 4.69) is 22.0 Å². The van der Waals surface area contributed by atoms with Gasteiger partial charge in [0.05, 0.1) is 5.69 Å². The zero-order chi connectivity index (χ0) is 13.1. The van der Waals surface area contributed by atoms with Gasteiger partial charge in [-0.05, 0) is 12.0 Å². The highest BCUT2D eigenvalue weighted by atomic mass is 16.4. The van der Waals surface area contributed by atoms with Crippen LogP contribution in [0.1, 0.15) is 13.3 Å². The Morgan fingerprint density at radius 2 is 2.17 bits per heavy atom. The quantitative estimate of drug-likeness (QED) is 0.852. The number of aryl methyl sites for hydroxylation is 1. The average molecular weight is 246 g/mol. The third-order valence-electron chi connectivity index (χ3n) is 3.06. The summed E-state index contributed by atoms with van der Waals surface area (Å²) in [5, 5.41) is 13.2. The Labute approximate surface area is 106 Å². The number of benzene rings is 1. The summed E-state index contributed by atoms with van der Waals surface area (Å²) in [7, 11) is 2.01. The molecule has 18 heavy (non-hydrogen) atoms. The first kappa shape index (κ1) is 12.5. The number of nitrogens with one attached hydrogen (secondary N) is 1. The number of carbonyl (C=O) groups is 1. The van der Waals surface area contributed by atoms with Crippen molar-refractivity contribution in [3.8, 4) is 0 Å². The number of carboxylic acids is 1. The van der Waals surface area contributed by atoms with Gasteiger partial charge in [-0.25, -0.2) is 0 Å². The first-order valence-corrected chi connectivity index (χ1v) is 6.07. The zero-order valence-corrected chi connectivity index (χ0v) is 10.7. The predicted octanol–water partition coefficient (Wildman–Crippen LogP) is 2.70. The fourth-order valence-corrected chi connectivity index (χ4v) is 2.14. The molecule has 1 aromatic carbocycles. The monoisotopic (exact) mass is 246 g/mol. The molecule has 96 valence electrons. The molecular formula is C14H18N2O2. The van der Waals surface area contributed by atoms with E-state index < -0.39 is 5.97 Å². The Hall–Kier alpha value is -1.97. The molecule has 4 nitrogen and oxygen atoms in total. The van der Waals surface area contributed by atoms with Gasteiger partial charge < -0.3 is 15.0 Å². The van der Waals surface area contributed by atoms with Crippen molar-refractivity contribution in [2.75, 3.05) is 11.9 Å². The molecule has 0 spiro atoms. The molecule has 2 rings (SSSR count). The lowest BCUT2D eigenvalue weighted by Crippen LogP contribution is -2.14. The second-order valence-electron chi connectivity index (χ2n) is 4.75. The molecular weight excluding hydrogens is 228 g/mol. The lowest BCUT2D eigenvalue weighted by molar-refractivity contribution is -0.137. The summed E-state index contributed by atoms with van der Waals surface area (Å²) >= 11 is 0. The number of hydrogen-bond donors (Lipinski definition) is 2. The van der Waals surface area contributed by atoms with Crippen molar-refractivity contribution in [3.05, 3.63) is 30.5 Å². The molecule has 1 atom stereocenters. The van der Waals surface area contributed by atoms with Crippen LogP contribution >= 0.6 is 0 Å². The fourth-order valence-electron chi connectivity index (χ4n) is 2.14. The van der Waals surface area contributed by atoms with Crippen LogP contribution in [0.15, 0.2) is 30.5 Å². The van der Waals surface area contributed by atoms with Gasteiger partial charge in [-0.1, -0.05) is 25.1 Å². The first-order chi connectivity index (χ1) is 8.58. The molecule has 0 saturated heterocycles. The number of para-hydroxylation sites is 1. The highest BCUT2D eigenvalue weighted by Crippen LogP contribution is 2.25. The molecule has 1 unspecified atom stereocenters. The van der Waals surface area contributed by atoms with Crippen LogP contribution in [0, 0.1) is 5.92 Å². The maximum atomic E-state index is 10.6. The number of hydrogen-bond acceptors (Lipinski definition) is 2. The Morgan fingerprint density at radius 3 is 2.89 bits per heavy atom. The maximum absolute atomic E-state index is 10.6. The van der Waals surface area contributed by atoms with Crippen LogP contribution in [0.4, 0.5) is 5.69 Å². The minimum absolute atomic E-state index is 0.112. The molecule has 0 bridgehead atoms. The Bertz CT molecular complexity index is 560. The normalized spacial score (nSPS) is 12.6. The number of nitrogens with zero attached hydrogens (tertiary/aromatic N) is 1. The van der Waals surface area contributed by atoms with Gasteiger partial charge in [0.2, 0.25) is 0 Å². The number of aromatic nitrogens is 1. The smallest absolute Gasteiger partial charge is 0.303 e. The largest absolute Gasteiger partial charge is 0.481 e. The van der Waals surface area contributed by atoms with E-state index in [1.807, 2.05) is 32.3 Å². The third kappa shape index (κ3) is 2.64. The number of rotatable bonds is 5. The lowest BCUT2D eigenvalue weighted by atomic mass is 10.1. The van der Waals surface area contributed by atoms with E-state index in [0.717, 1.165) is 5.69 Å². The van der Waals surface area contributed by atoms with Crippen LogP contribution in [-0.2, 0) is 11.8 Å². The summed E-state index contributed by atoms with van der Waals surface area (Å²) < 4.78 is 2.07. The number of carboxylic acid groups (broad SMARTS) is 1. The molecule has 1 heterocycles. The lowest BCUT2D eigenvalue weighted by Gasteiger charge is -2.10. The van der Waals surface area contributed by atoms with Crippen LogP contribution in [0.5, 0.6) is 0 Å². The summed E-state index contributed by atoms with van der Waals surface area (Å²) in [6.07, 6.45) is 2.23. The summed E-state index contributed by atoms with van der Waals surface area (Å²) in [4.78, 5) is 10.6. The Kier molecular flexibility index (Phi) is 3.55. The molecule has 0 aliphatic rings. The predicted molar refractivity (Wildman–Crippen MR) is 72.8 cm³/mol. The van der Waals surface area contributed by atoms with E-state index >= 15 is 0 Å². The minimum Gasteiger partial charge on any atom is -0.481 e. The Morgan fingerprint density at radius 1 is 1.44 bits per heavy atom. The molecule has 0 aliphatic carbocycles. The standard InChI is InChI=1S/C14H18N2O2/c1-10(7-14(17)18)8-15-12-9-16(2)13-6-4-3-5-11(12)13/h3-6,9-10,15H,7-8H2,1-2H3,(H,17,18). The second kappa shape index (κ2) is 5.12. The van der Waals surface area contributed by atoms with Crippen LogP contribution in [0.2, 0.25) is 0 Å². The minimum atomic E-state index is -0.748. The van der Waals surface area contributed by atoms with E-state index in [-0.39, 0.29) is 12.3 Å². The molecule has 0 aliphatic heterocycles. The summed E-state index contributed by atoms with van der Waals surface area (Å²) in [5.74, 6) is -0.635. The van der Waals surface area contributed by atoms with Gasteiger partial charge in [0.15, 0.2) is 0 Å². The molecule has 1 aromatic heterocycles. The van der Waals surface area contributed by atoms with Gasteiger partial charge in [0.25, 0.3) is 0 Å². The van der Waals surface area contributed by atoms with E-state index in [0.29, 0.717) is 6.54 Å². The highest BCUT2D eigenvalue weighted by Gasteiger charge is 2.09. The van der Waals surface area contributed by atoms with E-state index in [4.69, 9.17) is 5.11 Å². The third-order valence-corrected chi connectivity index (χ3v) is 3.06. The maximum Gasteiger partial charge on any atom is 0.303 e. The highest BCUT2D eigenvalue weighted by molar-refractivity contribution is 5.92. The van der Waals surface area contributed by atoms with Gasteiger partial charge in [-0.2, -0.15) is 0 Å². The van der Waals surface area contributed by atoms with Crippen molar-refractivity contribution in [2.45, 2.75) is 13.3 Å². The van der Waals surface area contributed by atoms with Crippen molar-refractivity contribution < 1.29 is 9.90 Å². The van der Waals surface area contributed by atoms with Crippen LogP contribution in [-0.4, -0.2) is 22.2 Å². The van der Waals surface area contributed by atoms with Crippen LogP contribution in [0.25, 0.3) is 10.9 Å². The molecule has 0 amide bonds. The van der Waals surface area contributed by atoms with E-state index in [1.165, 1.54) is 10.9 Å². The van der Waals surface area contributed by atoms with Crippen molar-refractivity contribution in [1.29, 1.82) is 0 Å². The van der Waals surface area contributed by atoms with Crippen molar-refractivity contribution >= 4 is 22.6 Å². The van der Waals surface area contributed by atoms with Crippen molar-refractivity contribution in [1.82, 2.24) is 4.57 Å². The molecule has 4 heteroatoms. The summed E-state index contributed by atoms with van der Waals surface area (Å²) in [6, 6.07) is 8.16. The molecule has 2 N–H and O–H groups in total. The number of fused-ring (bicyclic) bond motifs is 1. The van der Waals surface area contributed by atoms with Gasteiger partial charge in [-0.3, -0.25) is 4.79 Å². The van der Waals surface area contributed by atoms with Gasteiger partial charge in [-0.15, -0.1) is 0 Å². The van der Waals surface area contributed by atoms with E-state index in [9.17, 15) is 4.79 Å². The summed E-state index contributed by atoms with van der Waals surface area (Å²) in [5.41, 5.74) is 2.23. The molecule has 0 radical (unpaired) electrons. The van der Waals surface area contributed by atoms with Gasteiger partial charge in [0, 0.05) is 37.1 Å². The fraction of sp³-hybridized carbons (Fsp3) is 0.357. The van der Waals surface area contributed by atoms with Crippen molar-refractivity contribution in [2.24, 2.45) is 13.0 Å². The second-order valence-corrected chi connectivity index (χ2v) is 4.75. The van der Waals surface area contributed by atoms with Gasteiger partial charge in [0.1, 0.15) is 0 Å². The topological polar surface area (TPSA) is 54.3 Å². The SMILES string of the molecule is CC(CNc1cn(C)c2ccccc12)CC(=O)O. The zero-order valence-electron chi connectivity index (χ0n) is 10.7. The number of aliphatic carboxylic acids is 1. The molecule has 2 aromatic rings.